The Morgan fingerprint density at radius 3 is 2.65 bits per heavy atom. The molecule has 0 saturated heterocycles. The van der Waals surface area contributed by atoms with Gasteiger partial charge in [-0.1, -0.05) is 26.8 Å². The van der Waals surface area contributed by atoms with Crippen LogP contribution in [0.25, 0.3) is 11.1 Å². The minimum atomic E-state index is -1.01. The number of anilines is 1. The van der Waals surface area contributed by atoms with E-state index in [0.29, 0.717) is 13.0 Å². The molecule has 3 rings (SSSR count). The van der Waals surface area contributed by atoms with E-state index in [1.54, 1.807) is 13.1 Å². The molecule has 4 N–H and O–H groups in total. The highest BCUT2D eigenvalue weighted by molar-refractivity contribution is 5.94. The first-order valence-corrected chi connectivity index (χ1v) is 10.7. The molecule has 31 heavy (non-hydrogen) atoms. The Bertz CT molecular complexity index is 962. The number of rotatable bonds is 5. The fraction of sp³-hybridized carbons (Fsp3) is 0.522. The SMILES string of the molecule is CC(=O)N1c2ccc(-c3cnn(CCC(NC(=O)O)C(C)(C)C)c3)cc2[C@H](N)C[C@@H]1C. The molecular weight excluding hydrogens is 394 g/mol. The van der Waals surface area contributed by atoms with Crippen LogP contribution >= 0.6 is 0 Å². The molecule has 8 nitrogen and oxygen atoms in total. The second kappa shape index (κ2) is 8.70. The molecule has 8 heteroatoms. The highest BCUT2D eigenvalue weighted by atomic mass is 16.4. The van der Waals surface area contributed by atoms with E-state index in [4.69, 9.17) is 10.8 Å². The van der Waals surface area contributed by atoms with Gasteiger partial charge in [0.2, 0.25) is 5.91 Å². The fourth-order valence-electron chi connectivity index (χ4n) is 4.33. The summed E-state index contributed by atoms with van der Waals surface area (Å²) in [6.45, 7) is 10.3. The molecule has 2 aromatic rings. The second-order valence-corrected chi connectivity index (χ2v) is 9.50. The number of aromatic nitrogens is 2. The third kappa shape index (κ3) is 5.07. The molecule has 1 unspecified atom stereocenters. The molecule has 0 saturated carbocycles. The lowest BCUT2D eigenvalue weighted by atomic mass is 9.85. The monoisotopic (exact) mass is 427 g/mol. The van der Waals surface area contributed by atoms with Gasteiger partial charge in [0, 0.05) is 49.0 Å². The van der Waals surface area contributed by atoms with E-state index in [2.05, 4.69) is 10.4 Å². The van der Waals surface area contributed by atoms with Gasteiger partial charge in [-0.05, 0) is 48.4 Å². The smallest absolute Gasteiger partial charge is 0.404 e. The number of hydrogen-bond donors (Lipinski definition) is 3. The fourth-order valence-corrected chi connectivity index (χ4v) is 4.33. The first-order chi connectivity index (χ1) is 14.5. The quantitative estimate of drug-likeness (QED) is 0.672. The van der Waals surface area contributed by atoms with Crippen LogP contribution in [0.15, 0.2) is 30.6 Å². The zero-order valence-corrected chi connectivity index (χ0v) is 18.9. The molecule has 0 bridgehead atoms. The molecule has 0 spiro atoms. The van der Waals surface area contributed by atoms with Crippen molar-refractivity contribution in [1.82, 2.24) is 15.1 Å². The van der Waals surface area contributed by atoms with Gasteiger partial charge in [0.15, 0.2) is 0 Å². The van der Waals surface area contributed by atoms with Crippen molar-refractivity contribution in [3.8, 4) is 11.1 Å². The molecule has 2 amide bonds. The third-order valence-corrected chi connectivity index (χ3v) is 6.02. The zero-order valence-electron chi connectivity index (χ0n) is 18.9. The van der Waals surface area contributed by atoms with Gasteiger partial charge in [-0.3, -0.25) is 9.48 Å². The number of nitrogens with zero attached hydrogens (tertiary/aromatic N) is 3. The van der Waals surface area contributed by atoms with Crippen LogP contribution in [-0.2, 0) is 11.3 Å². The number of nitrogens with one attached hydrogen (secondary N) is 1. The molecule has 0 radical (unpaired) electrons. The highest BCUT2D eigenvalue weighted by Gasteiger charge is 2.31. The number of hydrogen-bond acceptors (Lipinski definition) is 4. The Hall–Kier alpha value is -2.87. The molecule has 1 aromatic carbocycles. The van der Waals surface area contributed by atoms with Gasteiger partial charge in [-0.25, -0.2) is 4.79 Å². The lowest BCUT2D eigenvalue weighted by Crippen LogP contribution is -2.43. The number of benzene rings is 1. The molecule has 0 aliphatic carbocycles. The largest absolute Gasteiger partial charge is 0.465 e. The van der Waals surface area contributed by atoms with Gasteiger partial charge >= 0.3 is 6.09 Å². The summed E-state index contributed by atoms with van der Waals surface area (Å²) in [6, 6.07) is 5.77. The molecular formula is C23H33N5O3. The predicted molar refractivity (Wildman–Crippen MR) is 121 cm³/mol. The summed E-state index contributed by atoms with van der Waals surface area (Å²) >= 11 is 0. The van der Waals surface area contributed by atoms with Crippen LogP contribution < -0.4 is 16.0 Å². The van der Waals surface area contributed by atoms with E-state index in [0.717, 1.165) is 28.8 Å². The van der Waals surface area contributed by atoms with Gasteiger partial charge in [-0.15, -0.1) is 0 Å². The Morgan fingerprint density at radius 1 is 1.32 bits per heavy atom. The van der Waals surface area contributed by atoms with Crippen molar-refractivity contribution in [1.29, 1.82) is 0 Å². The Balaban J connectivity index is 1.79. The molecule has 2 heterocycles. The van der Waals surface area contributed by atoms with E-state index < -0.39 is 6.09 Å². The summed E-state index contributed by atoms with van der Waals surface area (Å²) in [5.74, 6) is 0.0181. The Labute approximate surface area is 183 Å². The average molecular weight is 428 g/mol. The van der Waals surface area contributed by atoms with Gasteiger partial charge < -0.3 is 21.1 Å². The van der Waals surface area contributed by atoms with Crippen molar-refractivity contribution in [3.63, 3.8) is 0 Å². The van der Waals surface area contributed by atoms with Crippen molar-refractivity contribution in [2.75, 3.05) is 4.90 Å². The van der Waals surface area contributed by atoms with E-state index in [1.165, 1.54) is 0 Å². The van der Waals surface area contributed by atoms with Crippen LogP contribution in [0, 0.1) is 5.41 Å². The summed E-state index contributed by atoms with van der Waals surface area (Å²) in [6.07, 6.45) is 4.11. The van der Waals surface area contributed by atoms with E-state index in [1.807, 2.05) is 61.7 Å². The summed E-state index contributed by atoms with van der Waals surface area (Å²) in [7, 11) is 0. The number of carboxylic acid groups (broad SMARTS) is 1. The van der Waals surface area contributed by atoms with Crippen LogP contribution in [0.2, 0.25) is 0 Å². The average Bonchev–Trinajstić information content (AvgIpc) is 3.12. The number of carbonyl (C=O) groups is 2. The van der Waals surface area contributed by atoms with Crippen molar-refractivity contribution >= 4 is 17.7 Å². The number of fused-ring (bicyclic) bond motifs is 1. The van der Waals surface area contributed by atoms with Crippen molar-refractivity contribution in [3.05, 3.63) is 36.2 Å². The first kappa shape index (κ1) is 22.8. The summed E-state index contributed by atoms with van der Waals surface area (Å²) < 4.78 is 1.83. The zero-order chi connectivity index (χ0) is 22.9. The van der Waals surface area contributed by atoms with Crippen molar-refractivity contribution in [2.45, 2.75) is 72.1 Å². The Morgan fingerprint density at radius 2 is 2.03 bits per heavy atom. The van der Waals surface area contributed by atoms with E-state index in [9.17, 15) is 9.59 Å². The molecule has 1 aromatic heterocycles. The van der Waals surface area contributed by atoms with Gasteiger partial charge in [-0.2, -0.15) is 5.10 Å². The van der Waals surface area contributed by atoms with Gasteiger partial charge in [0.05, 0.1) is 6.20 Å². The molecule has 3 atom stereocenters. The first-order valence-electron chi connectivity index (χ1n) is 10.7. The topological polar surface area (TPSA) is 113 Å². The number of nitrogens with two attached hydrogens (primary N) is 1. The van der Waals surface area contributed by atoms with Crippen LogP contribution in [-0.4, -0.2) is 39.0 Å². The minimum Gasteiger partial charge on any atom is -0.465 e. The van der Waals surface area contributed by atoms with Crippen LogP contribution in [0.4, 0.5) is 10.5 Å². The standard InChI is InChI=1S/C23H33N5O3/c1-14-10-19(24)18-11-16(6-7-20(18)28(14)15(2)29)17-12-25-27(13-17)9-8-21(23(3,4)5)26-22(30)31/h6-7,11-14,19,21,26H,8-10,24H2,1-5H3,(H,30,31)/t14-,19+,21?/m0/s1. The molecule has 0 fully saturated rings. The van der Waals surface area contributed by atoms with Crippen LogP contribution in [0.3, 0.4) is 0 Å². The van der Waals surface area contributed by atoms with E-state index >= 15 is 0 Å². The van der Waals surface area contributed by atoms with E-state index in [-0.39, 0.29) is 29.4 Å². The van der Waals surface area contributed by atoms with Gasteiger partial charge in [0.25, 0.3) is 0 Å². The van der Waals surface area contributed by atoms with Crippen molar-refractivity contribution < 1.29 is 14.7 Å². The maximum Gasteiger partial charge on any atom is 0.404 e. The molecule has 1 aliphatic heterocycles. The summed E-state index contributed by atoms with van der Waals surface area (Å²) in [4.78, 5) is 25.1. The second-order valence-electron chi connectivity index (χ2n) is 9.50. The van der Waals surface area contributed by atoms with Crippen molar-refractivity contribution in [2.24, 2.45) is 11.1 Å². The lowest BCUT2D eigenvalue weighted by molar-refractivity contribution is -0.117. The summed E-state index contributed by atoms with van der Waals surface area (Å²) in [5.41, 5.74) is 10.0. The molecule has 1 aliphatic rings. The summed E-state index contributed by atoms with van der Waals surface area (Å²) in [5, 5.41) is 16.2. The maximum absolute atomic E-state index is 12.1. The minimum absolute atomic E-state index is 0.0181. The maximum atomic E-state index is 12.1. The molecule has 168 valence electrons. The highest BCUT2D eigenvalue weighted by Crippen LogP contribution is 2.38. The number of amides is 2. The van der Waals surface area contributed by atoms with Crippen LogP contribution in [0.1, 0.15) is 59.1 Å². The Kier molecular flexibility index (Phi) is 6.40. The third-order valence-electron chi connectivity index (χ3n) is 6.02. The lowest BCUT2D eigenvalue weighted by Gasteiger charge is -2.37. The number of aryl methyl sites for hydroxylation is 1. The normalized spacial score (nSPS) is 19.6. The van der Waals surface area contributed by atoms with Gasteiger partial charge in [0.1, 0.15) is 0 Å². The number of carbonyl (C=O) groups excluding carboxylic acids is 1. The van der Waals surface area contributed by atoms with Crippen LogP contribution in [0.5, 0.6) is 0 Å². The predicted octanol–water partition coefficient (Wildman–Crippen LogP) is 3.77.